The van der Waals surface area contributed by atoms with Crippen LogP contribution in [-0.2, 0) is 6.54 Å². The molecule has 1 heterocycles. The van der Waals surface area contributed by atoms with E-state index in [1.807, 2.05) is 6.92 Å². The van der Waals surface area contributed by atoms with Crippen molar-refractivity contribution in [2.45, 2.75) is 25.7 Å². The summed E-state index contributed by atoms with van der Waals surface area (Å²) in [6.45, 7) is 1.90. The molecule has 0 saturated carbocycles. The van der Waals surface area contributed by atoms with Gasteiger partial charge < -0.3 is 31.5 Å². The van der Waals surface area contributed by atoms with E-state index in [0.717, 1.165) is 0 Å². The number of aromatic nitrogens is 2. The molecule has 1 aromatic rings. The first-order valence-electron chi connectivity index (χ1n) is 6.12. The number of nitrogens with zero attached hydrogens (tertiary/aromatic N) is 2. The second-order valence-electron chi connectivity index (χ2n) is 4.62. The topological polar surface area (TPSA) is 137 Å². The Morgan fingerprint density at radius 2 is 2.00 bits per heavy atom. The maximum atomic E-state index is 9.54. The number of nitrogen functional groups attached to an aromatic ring is 1. The first kappa shape index (κ1) is 15.7. The van der Waals surface area contributed by atoms with E-state index in [9.17, 15) is 10.2 Å². The van der Waals surface area contributed by atoms with Gasteiger partial charge in [-0.3, -0.25) is 0 Å². The number of nitrogens with one attached hydrogen (secondary N) is 1. The van der Waals surface area contributed by atoms with Crippen LogP contribution in [0, 0.1) is 5.92 Å². The Kier molecular flexibility index (Phi) is 6.03. The van der Waals surface area contributed by atoms with Crippen LogP contribution in [0.25, 0.3) is 0 Å². The normalized spacial score (nSPS) is 16.1. The molecule has 0 fully saturated rings. The van der Waals surface area contributed by atoms with Gasteiger partial charge in [0, 0.05) is 19.7 Å². The average molecular weight is 274 g/mol. The van der Waals surface area contributed by atoms with Gasteiger partial charge in [0.05, 0.1) is 24.6 Å². The predicted octanol–water partition coefficient (Wildman–Crippen LogP) is -1.78. The molecule has 8 nitrogen and oxygen atoms in total. The van der Waals surface area contributed by atoms with Crippen LogP contribution in [0.1, 0.15) is 6.92 Å². The van der Waals surface area contributed by atoms with E-state index in [1.54, 1.807) is 4.68 Å². The summed E-state index contributed by atoms with van der Waals surface area (Å²) < 4.78 is 1.59. The summed E-state index contributed by atoms with van der Waals surface area (Å²) in [5.74, 6) is 0.539. The quantitative estimate of drug-likeness (QED) is 0.329. The van der Waals surface area contributed by atoms with Crippen LogP contribution in [0.15, 0.2) is 6.20 Å². The molecule has 19 heavy (non-hydrogen) atoms. The van der Waals surface area contributed by atoms with Gasteiger partial charge >= 0.3 is 0 Å². The first-order chi connectivity index (χ1) is 8.99. The van der Waals surface area contributed by atoms with Crippen molar-refractivity contribution in [1.82, 2.24) is 9.78 Å². The molecule has 0 aliphatic rings. The zero-order chi connectivity index (χ0) is 14.4. The van der Waals surface area contributed by atoms with E-state index >= 15 is 0 Å². The van der Waals surface area contributed by atoms with Crippen molar-refractivity contribution in [3.8, 4) is 0 Å². The molecule has 0 bridgehead atoms. The van der Waals surface area contributed by atoms with Crippen molar-refractivity contribution < 1.29 is 20.4 Å². The lowest BCUT2D eigenvalue weighted by Crippen LogP contribution is -2.35. The van der Waals surface area contributed by atoms with Gasteiger partial charge in [0.25, 0.3) is 0 Å². The van der Waals surface area contributed by atoms with Crippen LogP contribution in [0.3, 0.4) is 0 Å². The molecule has 110 valence electrons. The molecule has 0 radical (unpaired) electrons. The third kappa shape index (κ3) is 4.35. The van der Waals surface area contributed by atoms with E-state index in [0.29, 0.717) is 18.1 Å². The van der Waals surface area contributed by atoms with Crippen molar-refractivity contribution in [1.29, 1.82) is 0 Å². The summed E-state index contributed by atoms with van der Waals surface area (Å²) in [5.41, 5.74) is 6.16. The number of nitrogens with two attached hydrogens (primary N) is 1. The van der Waals surface area contributed by atoms with E-state index in [-0.39, 0.29) is 19.1 Å². The molecule has 0 aromatic carbocycles. The lowest BCUT2D eigenvalue weighted by atomic mass is 10.2. The van der Waals surface area contributed by atoms with Crippen molar-refractivity contribution in [3.05, 3.63) is 6.20 Å². The van der Waals surface area contributed by atoms with Gasteiger partial charge in [0.2, 0.25) is 0 Å². The van der Waals surface area contributed by atoms with Gasteiger partial charge in [-0.25, -0.2) is 4.68 Å². The summed E-state index contributed by atoms with van der Waals surface area (Å²) >= 11 is 0. The van der Waals surface area contributed by atoms with Crippen LogP contribution in [-0.4, -0.2) is 62.2 Å². The van der Waals surface area contributed by atoms with Crippen LogP contribution < -0.4 is 11.1 Å². The highest BCUT2D eigenvalue weighted by Crippen LogP contribution is 2.18. The maximum absolute atomic E-state index is 9.54. The SMILES string of the molecule is CC(CO)Cn1ncc(N)c1NCC(O)C(O)CO. The Hall–Kier alpha value is -1.35. The molecule has 0 spiro atoms. The van der Waals surface area contributed by atoms with Crippen LogP contribution in [0.2, 0.25) is 0 Å². The molecule has 0 aliphatic heterocycles. The third-order valence-corrected chi connectivity index (χ3v) is 2.77. The van der Waals surface area contributed by atoms with Gasteiger partial charge in [0.15, 0.2) is 0 Å². The fraction of sp³-hybridized carbons (Fsp3) is 0.727. The van der Waals surface area contributed by atoms with Crippen molar-refractivity contribution in [2.24, 2.45) is 5.92 Å². The van der Waals surface area contributed by atoms with Gasteiger partial charge in [-0.1, -0.05) is 6.92 Å². The van der Waals surface area contributed by atoms with Crippen LogP contribution in [0.4, 0.5) is 11.5 Å². The van der Waals surface area contributed by atoms with Crippen LogP contribution in [0.5, 0.6) is 0 Å². The Balaban J connectivity index is 2.64. The van der Waals surface area contributed by atoms with E-state index in [4.69, 9.17) is 15.9 Å². The minimum Gasteiger partial charge on any atom is -0.396 e. The zero-order valence-electron chi connectivity index (χ0n) is 10.9. The number of rotatable bonds is 8. The molecule has 8 heteroatoms. The molecule has 1 aromatic heterocycles. The monoisotopic (exact) mass is 274 g/mol. The number of hydrogen-bond acceptors (Lipinski definition) is 7. The molecule has 0 saturated heterocycles. The Morgan fingerprint density at radius 3 is 2.58 bits per heavy atom. The summed E-state index contributed by atoms with van der Waals surface area (Å²) in [6, 6.07) is 0. The molecule has 3 unspecified atom stereocenters. The highest BCUT2D eigenvalue weighted by molar-refractivity contribution is 5.60. The van der Waals surface area contributed by atoms with E-state index in [1.165, 1.54) is 6.20 Å². The molecule has 7 N–H and O–H groups in total. The molecule has 1 rings (SSSR count). The van der Waals surface area contributed by atoms with E-state index in [2.05, 4.69) is 10.4 Å². The number of hydrogen-bond donors (Lipinski definition) is 6. The van der Waals surface area contributed by atoms with Gasteiger partial charge in [0.1, 0.15) is 11.9 Å². The fourth-order valence-corrected chi connectivity index (χ4v) is 1.54. The second-order valence-corrected chi connectivity index (χ2v) is 4.62. The Bertz CT molecular complexity index is 385. The summed E-state index contributed by atoms with van der Waals surface area (Å²) in [5, 5.41) is 43.5. The van der Waals surface area contributed by atoms with Crippen molar-refractivity contribution >= 4 is 11.5 Å². The smallest absolute Gasteiger partial charge is 0.147 e. The highest BCUT2D eigenvalue weighted by atomic mass is 16.4. The molecule has 0 amide bonds. The molecular formula is C11H22N4O4. The number of aliphatic hydroxyl groups is 4. The minimum absolute atomic E-state index is 0.0211. The summed E-state index contributed by atoms with van der Waals surface area (Å²) in [6.07, 6.45) is -0.842. The Labute approximate surface area is 111 Å². The molecule has 3 atom stereocenters. The van der Waals surface area contributed by atoms with Gasteiger partial charge in [-0.05, 0) is 5.92 Å². The standard InChI is InChI=1S/C11H22N4O4/c1-7(5-16)4-15-11(8(12)2-14-15)13-3-9(18)10(19)6-17/h2,7,9-10,13,16-19H,3-6,12H2,1H3. The predicted molar refractivity (Wildman–Crippen MR) is 70.5 cm³/mol. The lowest BCUT2D eigenvalue weighted by molar-refractivity contribution is -0.00707. The van der Waals surface area contributed by atoms with Gasteiger partial charge in [-0.2, -0.15) is 5.10 Å². The maximum Gasteiger partial charge on any atom is 0.147 e. The third-order valence-electron chi connectivity index (χ3n) is 2.77. The Morgan fingerprint density at radius 1 is 1.32 bits per heavy atom. The summed E-state index contributed by atoms with van der Waals surface area (Å²) in [4.78, 5) is 0. The first-order valence-corrected chi connectivity index (χ1v) is 6.12. The lowest BCUT2D eigenvalue weighted by Gasteiger charge is -2.18. The highest BCUT2D eigenvalue weighted by Gasteiger charge is 2.17. The summed E-state index contributed by atoms with van der Waals surface area (Å²) in [7, 11) is 0. The zero-order valence-corrected chi connectivity index (χ0v) is 10.9. The molecule has 0 aliphatic carbocycles. The van der Waals surface area contributed by atoms with Crippen molar-refractivity contribution in [2.75, 3.05) is 30.8 Å². The van der Waals surface area contributed by atoms with Crippen LogP contribution >= 0.6 is 0 Å². The van der Waals surface area contributed by atoms with Gasteiger partial charge in [-0.15, -0.1) is 0 Å². The average Bonchev–Trinajstić information content (AvgIpc) is 2.75. The second kappa shape index (κ2) is 7.29. The number of aliphatic hydroxyl groups excluding tert-OH is 4. The fourth-order valence-electron chi connectivity index (χ4n) is 1.54. The minimum atomic E-state index is -1.21. The largest absolute Gasteiger partial charge is 0.396 e. The van der Waals surface area contributed by atoms with E-state index < -0.39 is 18.8 Å². The number of anilines is 2. The molecular weight excluding hydrogens is 252 g/mol. The van der Waals surface area contributed by atoms with Crippen molar-refractivity contribution in [3.63, 3.8) is 0 Å².